The van der Waals surface area contributed by atoms with Crippen LogP contribution in [0.4, 0.5) is 0 Å². The Morgan fingerprint density at radius 1 is 1.05 bits per heavy atom. The lowest BCUT2D eigenvalue weighted by Gasteiger charge is -2.42. The number of aliphatic hydroxyl groups is 1. The van der Waals surface area contributed by atoms with Crippen LogP contribution in [-0.4, -0.2) is 5.11 Å². The van der Waals surface area contributed by atoms with E-state index in [0.29, 0.717) is 5.92 Å². The Labute approximate surface area is 130 Å². The van der Waals surface area contributed by atoms with Gasteiger partial charge in [-0.25, -0.2) is 0 Å². The first-order valence-corrected chi connectivity index (χ1v) is 8.50. The number of rotatable bonds is 4. The maximum Gasteiger partial charge on any atom is 0.0792 e. The lowest BCUT2D eigenvalue weighted by molar-refractivity contribution is 0.146. The number of fused-ring (bicyclic) bond motifs is 1. The zero-order valence-corrected chi connectivity index (χ0v) is 14.7. The molecular weight excluding hydrogens is 256 g/mol. The van der Waals surface area contributed by atoms with Gasteiger partial charge in [0.2, 0.25) is 0 Å². The quantitative estimate of drug-likeness (QED) is 0.775. The second-order valence-electron chi connectivity index (χ2n) is 8.34. The molecular formula is C20H32O. The van der Waals surface area contributed by atoms with Gasteiger partial charge < -0.3 is 5.11 Å². The van der Waals surface area contributed by atoms with Crippen LogP contribution in [0.25, 0.3) is 0 Å². The van der Waals surface area contributed by atoms with Gasteiger partial charge in [-0.2, -0.15) is 0 Å². The third-order valence-corrected chi connectivity index (χ3v) is 5.58. The van der Waals surface area contributed by atoms with Gasteiger partial charge in [0.05, 0.1) is 6.10 Å². The molecule has 0 radical (unpaired) electrons. The van der Waals surface area contributed by atoms with Gasteiger partial charge in [-0.15, -0.1) is 0 Å². The minimum Gasteiger partial charge on any atom is -0.388 e. The molecule has 0 fully saturated rings. The number of hydrogen-bond acceptors (Lipinski definition) is 1. The van der Waals surface area contributed by atoms with E-state index in [2.05, 4.69) is 59.7 Å². The van der Waals surface area contributed by atoms with Gasteiger partial charge in [-0.3, -0.25) is 0 Å². The van der Waals surface area contributed by atoms with Crippen LogP contribution in [0.2, 0.25) is 0 Å². The standard InChI is InChI=1S/C20H32O/c1-7-14(2)12-18(21)15-8-9-16-17(13-15)20(5,6)11-10-19(16,3)4/h8-9,13-14,18,21H,7,10-12H2,1-6H3. The summed E-state index contributed by atoms with van der Waals surface area (Å²) >= 11 is 0. The highest BCUT2D eigenvalue weighted by molar-refractivity contribution is 5.44. The number of hydrogen-bond donors (Lipinski definition) is 1. The third-order valence-electron chi connectivity index (χ3n) is 5.58. The highest BCUT2D eigenvalue weighted by Crippen LogP contribution is 2.46. The molecule has 1 nitrogen and oxygen atoms in total. The predicted molar refractivity (Wildman–Crippen MR) is 90.8 cm³/mol. The second kappa shape index (κ2) is 5.76. The van der Waals surface area contributed by atoms with Crippen molar-refractivity contribution in [3.8, 4) is 0 Å². The zero-order chi connectivity index (χ0) is 15.8. The Bertz CT molecular complexity index is 499. The molecule has 0 aromatic heterocycles. The van der Waals surface area contributed by atoms with Crippen molar-refractivity contribution in [3.63, 3.8) is 0 Å². The third kappa shape index (κ3) is 3.34. The van der Waals surface area contributed by atoms with Crippen molar-refractivity contribution in [2.45, 2.75) is 84.2 Å². The van der Waals surface area contributed by atoms with Crippen molar-refractivity contribution >= 4 is 0 Å². The van der Waals surface area contributed by atoms with E-state index in [9.17, 15) is 5.11 Å². The van der Waals surface area contributed by atoms with Crippen LogP contribution in [0.1, 0.15) is 90.0 Å². The summed E-state index contributed by atoms with van der Waals surface area (Å²) < 4.78 is 0. The van der Waals surface area contributed by atoms with Crippen LogP contribution in [0, 0.1) is 5.92 Å². The Kier molecular flexibility index (Phi) is 4.54. The predicted octanol–water partition coefficient (Wildman–Crippen LogP) is 5.51. The molecule has 0 amide bonds. The highest BCUT2D eigenvalue weighted by Gasteiger charge is 2.37. The minimum atomic E-state index is -0.328. The Hall–Kier alpha value is -0.820. The van der Waals surface area contributed by atoms with E-state index in [-0.39, 0.29) is 16.9 Å². The van der Waals surface area contributed by atoms with E-state index >= 15 is 0 Å². The maximum absolute atomic E-state index is 10.5. The van der Waals surface area contributed by atoms with Crippen molar-refractivity contribution in [1.29, 1.82) is 0 Å². The van der Waals surface area contributed by atoms with Gasteiger partial charge in [0.15, 0.2) is 0 Å². The summed E-state index contributed by atoms with van der Waals surface area (Å²) in [6.45, 7) is 13.8. The van der Waals surface area contributed by atoms with Crippen LogP contribution < -0.4 is 0 Å². The average molecular weight is 288 g/mol. The van der Waals surface area contributed by atoms with E-state index in [4.69, 9.17) is 0 Å². The molecule has 118 valence electrons. The van der Waals surface area contributed by atoms with Crippen LogP contribution in [0.5, 0.6) is 0 Å². The molecule has 2 atom stereocenters. The molecule has 0 saturated heterocycles. The summed E-state index contributed by atoms with van der Waals surface area (Å²) in [7, 11) is 0. The van der Waals surface area contributed by atoms with Crippen molar-refractivity contribution in [2.24, 2.45) is 5.92 Å². The van der Waals surface area contributed by atoms with Gasteiger partial charge in [0.1, 0.15) is 0 Å². The molecule has 2 rings (SSSR count). The Balaban J connectivity index is 2.37. The highest BCUT2D eigenvalue weighted by atomic mass is 16.3. The number of aliphatic hydroxyl groups excluding tert-OH is 1. The van der Waals surface area contributed by atoms with E-state index in [0.717, 1.165) is 18.4 Å². The molecule has 0 heterocycles. The Morgan fingerprint density at radius 3 is 2.19 bits per heavy atom. The summed E-state index contributed by atoms with van der Waals surface area (Å²) in [6, 6.07) is 6.70. The summed E-state index contributed by atoms with van der Waals surface area (Å²) in [4.78, 5) is 0. The van der Waals surface area contributed by atoms with Gasteiger partial charge in [0, 0.05) is 0 Å². The molecule has 0 bridgehead atoms. The summed E-state index contributed by atoms with van der Waals surface area (Å²) in [5.41, 5.74) is 4.49. The lowest BCUT2D eigenvalue weighted by Crippen LogP contribution is -2.34. The van der Waals surface area contributed by atoms with Crippen LogP contribution in [0.15, 0.2) is 18.2 Å². The van der Waals surface area contributed by atoms with Gasteiger partial charge in [-0.1, -0.05) is 66.2 Å². The topological polar surface area (TPSA) is 20.2 Å². The Morgan fingerprint density at radius 2 is 1.62 bits per heavy atom. The van der Waals surface area contributed by atoms with Crippen molar-refractivity contribution < 1.29 is 5.11 Å². The van der Waals surface area contributed by atoms with Crippen LogP contribution in [-0.2, 0) is 10.8 Å². The molecule has 1 aromatic rings. The van der Waals surface area contributed by atoms with Crippen molar-refractivity contribution in [1.82, 2.24) is 0 Å². The SMILES string of the molecule is CCC(C)CC(O)c1ccc2c(c1)C(C)(C)CCC2(C)C. The molecule has 1 N–H and O–H groups in total. The average Bonchev–Trinajstić information content (AvgIpc) is 2.43. The van der Waals surface area contributed by atoms with E-state index < -0.39 is 0 Å². The van der Waals surface area contributed by atoms with Gasteiger partial charge >= 0.3 is 0 Å². The number of benzene rings is 1. The van der Waals surface area contributed by atoms with Gasteiger partial charge in [-0.05, 0) is 52.7 Å². The molecule has 1 heteroatoms. The summed E-state index contributed by atoms with van der Waals surface area (Å²) in [5, 5.41) is 10.5. The maximum atomic E-state index is 10.5. The molecule has 21 heavy (non-hydrogen) atoms. The van der Waals surface area contributed by atoms with Crippen molar-refractivity contribution in [2.75, 3.05) is 0 Å². The smallest absolute Gasteiger partial charge is 0.0792 e. The van der Waals surface area contributed by atoms with E-state index in [1.54, 1.807) is 0 Å². The summed E-state index contributed by atoms with van der Waals surface area (Å²) in [6.07, 6.45) is 4.12. The van der Waals surface area contributed by atoms with Crippen LogP contribution >= 0.6 is 0 Å². The fraction of sp³-hybridized carbons (Fsp3) is 0.700. The van der Waals surface area contributed by atoms with Crippen LogP contribution in [0.3, 0.4) is 0 Å². The lowest BCUT2D eigenvalue weighted by atomic mass is 9.63. The monoisotopic (exact) mass is 288 g/mol. The van der Waals surface area contributed by atoms with E-state index in [1.807, 2.05) is 0 Å². The largest absolute Gasteiger partial charge is 0.388 e. The first kappa shape index (κ1) is 16.5. The molecule has 1 aliphatic carbocycles. The molecule has 0 aliphatic heterocycles. The summed E-state index contributed by atoms with van der Waals surface area (Å²) in [5.74, 6) is 0.570. The zero-order valence-electron chi connectivity index (χ0n) is 14.7. The first-order valence-electron chi connectivity index (χ1n) is 8.50. The first-order chi connectivity index (χ1) is 9.67. The minimum absolute atomic E-state index is 0.219. The molecule has 1 aromatic carbocycles. The molecule has 2 unspecified atom stereocenters. The van der Waals surface area contributed by atoms with Crippen molar-refractivity contribution in [3.05, 3.63) is 34.9 Å². The molecule has 0 saturated carbocycles. The van der Waals surface area contributed by atoms with E-state index in [1.165, 1.54) is 24.0 Å². The normalized spacial score (nSPS) is 22.4. The molecule has 1 aliphatic rings. The van der Waals surface area contributed by atoms with Gasteiger partial charge in [0.25, 0.3) is 0 Å². The molecule has 0 spiro atoms. The fourth-order valence-electron chi connectivity index (χ4n) is 3.50. The second-order valence-corrected chi connectivity index (χ2v) is 8.34. The fourth-order valence-corrected chi connectivity index (χ4v) is 3.50.